The van der Waals surface area contributed by atoms with Gasteiger partial charge in [-0.15, -0.1) is 0 Å². The van der Waals surface area contributed by atoms with E-state index in [4.69, 9.17) is 0 Å². The summed E-state index contributed by atoms with van der Waals surface area (Å²) in [5.74, 6) is 1.29. The number of likely N-dealkylation sites (tertiary alicyclic amines) is 1. The lowest BCUT2D eigenvalue weighted by Crippen LogP contribution is -2.53. The van der Waals surface area contributed by atoms with E-state index in [1.165, 1.54) is 12.8 Å². The molecule has 2 aliphatic rings. The van der Waals surface area contributed by atoms with Crippen molar-refractivity contribution in [1.82, 2.24) is 19.8 Å². The maximum absolute atomic E-state index is 12.7. The Hall–Kier alpha value is -1.07. The highest BCUT2D eigenvalue weighted by molar-refractivity contribution is 7.90. The Balaban J connectivity index is 1.78. The quantitative estimate of drug-likeness (QED) is 0.515. The molecule has 0 aromatic heterocycles. The van der Waals surface area contributed by atoms with Gasteiger partial charge < -0.3 is 10.6 Å². The van der Waals surface area contributed by atoms with Gasteiger partial charge in [-0.25, -0.2) is 8.42 Å². The van der Waals surface area contributed by atoms with Crippen LogP contribution in [-0.4, -0.2) is 80.9 Å². The number of guanidine groups is 1. The average Bonchev–Trinajstić information content (AvgIpc) is 2.64. The molecule has 0 radical (unpaired) electrons. The molecule has 0 aliphatic carbocycles. The van der Waals surface area contributed by atoms with Gasteiger partial charge in [0.25, 0.3) is 0 Å². The van der Waals surface area contributed by atoms with E-state index in [1.807, 2.05) is 0 Å². The Morgan fingerprint density at radius 3 is 2.39 bits per heavy atom. The second-order valence-corrected chi connectivity index (χ2v) is 9.74. The highest BCUT2D eigenvalue weighted by Crippen LogP contribution is 2.28. The van der Waals surface area contributed by atoms with Crippen molar-refractivity contribution in [3.63, 3.8) is 0 Å². The van der Waals surface area contributed by atoms with E-state index in [0.29, 0.717) is 41.6 Å². The molecule has 2 unspecified atom stereocenters. The molecule has 2 heterocycles. The number of nitrogens with zero attached hydrogens (tertiary/aromatic N) is 3. The number of sulfonamides is 1. The number of hydrogen-bond donors (Lipinski definition) is 2. The van der Waals surface area contributed by atoms with Crippen LogP contribution in [0.3, 0.4) is 0 Å². The number of nitrogens with one attached hydrogen (secondary N) is 2. The lowest BCUT2D eigenvalue weighted by molar-refractivity contribution is -0.0494. The molecule has 11 heteroatoms. The van der Waals surface area contributed by atoms with Crippen LogP contribution in [0, 0.1) is 5.92 Å². The van der Waals surface area contributed by atoms with Crippen LogP contribution in [0.4, 0.5) is 13.2 Å². The number of alkyl halides is 3. The average molecular weight is 428 g/mol. The van der Waals surface area contributed by atoms with Gasteiger partial charge in [0.2, 0.25) is 0 Å². The molecule has 0 spiro atoms. The van der Waals surface area contributed by atoms with E-state index in [0.717, 1.165) is 13.1 Å². The molecule has 28 heavy (non-hydrogen) atoms. The van der Waals surface area contributed by atoms with Gasteiger partial charge in [0.15, 0.2) is 5.96 Å². The van der Waals surface area contributed by atoms with Crippen molar-refractivity contribution < 1.29 is 21.6 Å². The summed E-state index contributed by atoms with van der Waals surface area (Å²) in [7, 11) is -3.60. The standard InChI is InChI=1S/C17H32F3N5O2S/c1-13-5-4-8-24(12-13)14(2)11-22-16(21-3)23-15-6-9-25(10-7-15)28(26,27)17(18,19)20/h13-15H,4-12H2,1-3H3,(H2,21,22,23). The van der Waals surface area contributed by atoms with Crippen LogP contribution in [0.25, 0.3) is 0 Å². The van der Waals surface area contributed by atoms with Gasteiger partial charge in [-0.1, -0.05) is 6.92 Å². The van der Waals surface area contributed by atoms with Gasteiger partial charge in [0, 0.05) is 45.3 Å². The van der Waals surface area contributed by atoms with Crippen LogP contribution in [0.15, 0.2) is 4.99 Å². The van der Waals surface area contributed by atoms with Crippen molar-refractivity contribution in [3.8, 4) is 0 Å². The predicted molar refractivity (Wildman–Crippen MR) is 104 cm³/mol. The van der Waals surface area contributed by atoms with Crippen LogP contribution < -0.4 is 10.6 Å². The van der Waals surface area contributed by atoms with Gasteiger partial charge in [-0.05, 0) is 45.1 Å². The Kier molecular flexibility index (Phi) is 7.97. The summed E-state index contributed by atoms with van der Waals surface area (Å²) in [5, 5.41) is 6.48. The molecule has 2 rings (SSSR count). The molecule has 2 N–H and O–H groups in total. The fraction of sp³-hybridized carbons (Fsp3) is 0.941. The molecule has 164 valence electrons. The second-order valence-electron chi connectivity index (χ2n) is 7.81. The Bertz CT molecular complexity index is 633. The minimum Gasteiger partial charge on any atom is -0.355 e. The van der Waals surface area contributed by atoms with Gasteiger partial charge in [0.05, 0.1) is 0 Å². The van der Waals surface area contributed by atoms with E-state index in [2.05, 4.69) is 34.4 Å². The van der Waals surface area contributed by atoms with Gasteiger partial charge in [-0.2, -0.15) is 17.5 Å². The summed E-state index contributed by atoms with van der Waals surface area (Å²) in [4.78, 5) is 6.64. The van der Waals surface area contributed by atoms with Gasteiger partial charge >= 0.3 is 15.5 Å². The molecule has 7 nitrogen and oxygen atoms in total. The monoisotopic (exact) mass is 427 g/mol. The van der Waals surface area contributed by atoms with E-state index < -0.39 is 15.5 Å². The maximum Gasteiger partial charge on any atom is 0.511 e. The second kappa shape index (κ2) is 9.62. The van der Waals surface area contributed by atoms with Crippen LogP contribution in [0.2, 0.25) is 0 Å². The van der Waals surface area contributed by atoms with Gasteiger partial charge in [-0.3, -0.25) is 9.89 Å². The summed E-state index contributed by atoms with van der Waals surface area (Å²) < 4.78 is 61.4. The molecule has 2 atom stereocenters. The summed E-state index contributed by atoms with van der Waals surface area (Å²) in [5.41, 5.74) is -5.24. The lowest BCUT2D eigenvalue weighted by atomic mass is 9.99. The Morgan fingerprint density at radius 2 is 1.86 bits per heavy atom. The largest absolute Gasteiger partial charge is 0.511 e. The number of piperidine rings is 2. The maximum atomic E-state index is 12.7. The Labute approximate surface area is 165 Å². The molecule has 0 amide bonds. The van der Waals surface area contributed by atoms with E-state index >= 15 is 0 Å². The fourth-order valence-electron chi connectivity index (χ4n) is 3.77. The molecule has 0 aromatic rings. The zero-order valence-corrected chi connectivity index (χ0v) is 17.6. The SMILES string of the molecule is CN=C(NCC(C)N1CCCC(C)C1)NC1CCN(S(=O)(=O)C(F)(F)F)CC1. The topological polar surface area (TPSA) is 77.0 Å². The van der Waals surface area contributed by atoms with E-state index in [9.17, 15) is 21.6 Å². The lowest BCUT2D eigenvalue weighted by Gasteiger charge is -2.36. The van der Waals surface area contributed by atoms with Crippen molar-refractivity contribution in [2.24, 2.45) is 10.9 Å². The Morgan fingerprint density at radius 1 is 1.21 bits per heavy atom. The first-order valence-corrected chi connectivity index (χ1v) is 11.3. The third-order valence-corrected chi connectivity index (χ3v) is 7.16. The normalized spacial score (nSPS) is 25.5. The number of aliphatic imine (C=N–C) groups is 1. The molecular weight excluding hydrogens is 395 g/mol. The predicted octanol–water partition coefficient (Wildman–Crippen LogP) is 1.59. The summed E-state index contributed by atoms with van der Waals surface area (Å²) in [6, 6.07) is 0.233. The summed E-state index contributed by atoms with van der Waals surface area (Å²) >= 11 is 0. The first kappa shape index (κ1) is 23.2. The highest BCUT2D eigenvalue weighted by Gasteiger charge is 2.50. The molecule has 0 aromatic carbocycles. The number of rotatable bonds is 5. The van der Waals surface area contributed by atoms with Crippen LogP contribution in [-0.2, 0) is 10.0 Å². The summed E-state index contributed by atoms with van der Waals surface area (Å²) in [6.45, 7) is 7.01. The third-order valence-electron chi connectivity index (χ3n) is 5.53. The minimum atomic E-state index is -5.24. The first-order chi connectivity index (χ1) is 13.0. The zero-order valence-electron chi connectivity index (χ0n) is 16.8. The van der Waals surface area contributed by atoms with Crippen LogP contribution in [0.1, 0.15) is 39.5 Å². The molecule has 0 saturated carbocycles. The molecular formula is C17H32F3N5O2S. The zero-order chi connectivity index (χ0) is 20.9. The molecule has 2 fully saturated rings. The van der Waals surface area contributed by atoms with E-state index in [1.54, 1.807) is 7.05 Å². The molecule has 0 bridgehead atoms. The van der Waals surface area contributed by atoms with E-state index in [-0.39, 0.29) is 19.1 Å². The van der Waals surface area contributed by atoms with Crippen molar-refractivity contribution in [2.75, 3.05) is 39.8 Å². The van der Waals surface area contributed by atoms with Crippen molar-refractivity contribution >= 4 is 16.0 Å². The number of halogens is 3. The van der Waals surface area contributed by atoms with Crippen molar-refractivity contribution in [2.45, 2.75) is 57.1 Å². The highest BCUT2D eigenvalue weighted by atomic mass is 32.2. The number of hydrogen-bond acceptors (Lipinski definition) is 4. The van der Waals surface area contributed by atoms with Crippen molar-refractivity contribution in [3.05, 3.63) is 0 Å². The first-order valence-electron chi connectivity index (χ1n) is 9.82. The van der Waals surface area contributed by atoms with Crippen LogP contribution in [0.5, 0.6) is 0 Å². The van der Waals surface area contributed by atoms with Gasteiger partial charge in [0.1, 0.15) is 0 Å². The minimum absolute atomic E-state index is 0.115. The fourth-order valence-corrected chi connectivity index (χ4v) is 4.76. The van der Waals surface area contributed by atoms with Crippen molar-refractivity contribution in [1.29, 1.82) is 0 Å². The summed E-state index contributed by atoms with van der Waals surface area (Å²) in [6.07, 6.45) is 3.07. The van der Waals surface area contributed by atoms with Crippen LogP contribution >= 0.6 is 0 Å². The molecule has 2 saturated heterocycles. The third kappa shape index (κ3) is 5.96. The smallest absolute Gasteiger partial charge is 0.355 e. The molecule has 2 aliphatic heterocycles.